The first-order valence-corrected chi connectivity index (χ1v) is 6.58. The molecule has 0 fully saturated rings. The highest BCUT2D eigenvalue weighted by atomic mass is 32.2. The lowest BCUT2D eigenvalue weighted by atomic mass is 10.3. The molecule has 0 amide bonds. The zero-order valence-corrected chi connectivity index (χ0v) is 9.95. The van der Waals surface area contributed by atoms with Gasteiger partial charge in [-0.05, 0) is 30.4 Å². The maximum Gasteiger partial charge on any atom is 0.177 e. The summed E-state index contributed by atoms with van der Waals surface area (Å²) in [5.41, 5.74) is 1.64. The summed E-state index contributed by atoms with van der Waals surface area (Å²) in [6.45, 7) is 0. The summed E-state index contributed by atoms with van der Waals surface area (Å²) in [6, 6.07) is 4.93. The largest absolute Gasteiger partial charge is 0.331 e. The van der Waals surface area contributed by atoms with E-state index in [4.69, 9.17) is 12.2 Å². The molecule has 0 aliphatic rings. The van der Waals surface area contributed by atoms with Crippen LogP contribution in [0.4, 0.5) is 0 Å². The molecule has 0 saturated carbocycles. The molecule has 1 N–H and O–H groups in total. The van der Waals surface area contributed by atoms with Crippen LogP contribution in [0.1, 0.15) is 0 Å². The maximum atomic E-state index is 11.3. The van der Waals surface area contributed by atoms with Crippen molar-refractivity contribution in [2.24, 2.45) is 7.05 Å². The van der Waals surface area contributed by atoms with Gasteiger partial charge >= 0.3 is 0 Å². The number of hydrogen-bond donors (Lipinski definition) is 1. The molecule has 6 heteroatoms. The molecule has 2 rings (SSSR count). The van der Waals surface area contributed by atoms with Crippen LogP contribution >= 0.6 is 12.2 Å². The van der Waals surface area contributed by atoms with Gasteiger partial charge in [-0.2, -0.15) is 0 Å². The lowest BCUT2D eigenvalue weighted by Gasteiger charge is -1.98. The molecule has 0 atom stereocenters. The minimum atomic E-state index is -3.16. The zero-order valence-electron chi connectivity index (χ0n) is 8.31. The third-order valence-corrected chi connectivity index (χ3v) is 3.79. The Kier molecular flexibility index (Phi) is 2.20. The standard InChI is InChI=1S/C9H10N2O2S2/c1-11-8-4-3-6(15(2,12)13)5-7(8)10-9(11)14/h3-5H,1-2H3,(H,10,14). The Hall–Kier alpha value is -1.14. The van der Waals surface area contributed by atoms with Crippen LogP contribution in [0.3, 0.4) is 0 Å². The number of aromatic nitrogens is 2. The first-order chi connectivity index (χ1) is 6.89. The van der Waals surface area contributed by atoms with E-state index in [-0.39, 0.29) is 0 Å². The number of H-pyrrole nitrogens is 1. The van der Waals surface area contributed by atoms with Gasteiger partial charge in [-0.15, -0.1) is 0 Å². The number of nitrogens with zero attached hydrogens (tertiary/aromatic N) is 1. The first-order valence-electron chi connectivity index (χ1n) is 4.28. The molecular weight excluding hydrogens is 232 g/mol. The second-order valence-electron chi connectivity index (χ2n) is 3.44. The zero-order chi connectivity index (χ0) is 11.2. The van der Waals surface area contributed by atoms with Crippen LogP contribution in [0.25, 0.3) is 11.0 Å². The summed E-state index contributed by atoms with van der Waals surface area (Å²) in [4.78, 5) is 3.25. The topological polar surface area (TPSA) is 54.9 Å². The average Bonchev–Trinajstić information content (AvgIpc) is 2.41. The fourth-order valence-electron chi connectivity index (χ4n) is 1.45. The maximum absolute atomic E-state index is 11.3. The normalized spacial score (nSPS) is 12.1. The summed E-state index contributed by atoms with van der Waals surface area (Å²) < 4.78 is 25.0. The Morgan fingerprint density at radius 2 is 2.07 bits per heavy atom. The van der Waals surface area contributed by atoms with Crippen LogP contribution in [0.2, 0.25) is 0 Å². The Labute approximate surface area is 92.5 Å². The molecule has 0 bridgehead atoms. The van der Waals surface area contributed by atoms with Gasteiger partial charge in [-0.3, -0.25) is 0 Å². The number of nitrogens with one attached hydrogen (secondary N) is 1. The van der Waals surface area contributed by atoms with Crippen molar-refractivity contribution in [2.75, 3.05) is 6.26 Å². The number of hydrogen-bond acceptors (Lipinski definition) is 3. The number of fused-ring (bicyclic) bond motifs is 1. The number of aromatic amines is 1. The van der Waals surface area contributed by atoms with Crippen molar-refractivity contribution < 1.29 is 8.42 Å². The highest BCUT2D eigenvalue weighted by Crippen LogP contribution is 2.17. The van der Waals surface area contributed by atoms with Crippen molar-refractivity contribution in [3.8, 4) is 0 Å². The Bertz CT molecular complexity index is 680. The van der Waals surface area contributed by atoms with E-state index in [2.05, 4.69) is 4.98 Å². The minimum absolute atomic E-state index is 0.298. The Morgan fingerprint density at radius 1 is 1.40 bits per heavy atom. The van der Waals surface area contributed by atoms with E-state index in [1.165, 1.54) is 6.26 Å². The van der Waals surface area contributed by atoms with Crippen LogP contribution in [-0.4, -0.2) is 24.2 Å². The third-order valence-electron chi connectivity index (χ3n) is 2.30. The van der Waals surface area contributed by atoms with Crippen LogP contribution in [-0.2, 0) is 16.9 Å². The van der Waals surface area contributed by atoms with Gasteiger partial charge in [-0.25, -0.2) is 8.42 Å². The van der Waals surface area contributed by atoms with Gasteiger partial charge in [-0.1, -0.05) is 0 Å². The van der Waals surface area contributed by atoms with Crippen LogP contribution in [0.15, 0.2) is 23.1 Å². The predicted molar refractivity (Wildman–Crippen MR) is 61.2 cm³/mol. The molecule has 0 unspecified atom stereocenters. The van der Waals surface area contributed by atoms with Crippen molar-refractivity contribution in [3.63, 3.8) is 0 Å². The second kappa shape index (κ2) is 3.18. The van der Waals surface area contributed by atoms with E-state index >= 15 is 0 Å². The highest BCUT2D eigenvalue weighted by Gasteiger charge is 2.09. The number of sulfone groups is 1. The molecule has 1 aromatic carbocycles. The summed E-state index contributed by atoms with van der Waals surface area (Å²) in [5.74, 6) is 0. The number of benzene rings is 1. The van der Waals surface area contributed by atoms with E-state index in [0.717, 1.165) is 11.0 Å². The molecule has 0 spiro atoms. The Balaban J connectivity index is 2.84. The molecule has 0 aliphatic carbocycles. The lowest BCUT2D eigenvalue weighted by Crippen LogP contribution is -1.96. The van der Waals surface area contributed by atoms with Gasteiger partial charge in [0.05, 0.1) is 15.9 Å². The molecule has 2 aromatic rings. The average molecular weight is 242 g/mol. The monoisotopic (exact) mass is 242 g/mol. The van der Waals surface area contributed by atoms with E-state index in [9.17, 15) is 8.42 Å². The van der Waals surface area contributed by atoms with E-state index in [1.54, 1.807) is 22.8 Å². The summed E-state index contributed by atoms with van der Waals surface area (Å²) in [5, 5.41) is 0. The Morgan fingerprint density at radius 3 is 2.67 bits per heavy atom. The van der Waals surface area contributed by atoms with E-state index < -0.39 is 9.84 Å². The lowest BCUT2D eigenvalue weighted by molar-refractivity contribution is 0.602. The molecule has 1 heterocycles. The second-order valence-corrected chi connectivity index (χ2v) is 5.84. The molecule has 15 heavy (non-hydrogen) atoms. The van der Waals surface area contributed by atoms with Gasteiger partial charge in [0, 0.05) is 13.3 Å². The number of aryl methyl sites for hydroxylation is 1. The van der Waals surface area contributed by atoms with Gasteiger partial charge in [0.2, 0.25) is 0 Å². The first kappa shape index (κ1) is 10.4. The SMILES string of the molecule is Cn1c(=S)[nH]c2cc(S(C)(=O)=O)ccc21. The highest BCUT2D eigenvalue weighted by molar-refractivity contribution is 7.90. The minimum Gasteiger partial charge on any atom is -0.331 e. The van der Waals surface area contributed by atoms with Gasteiger partial charge in [0.1, 0.15) is 0 Å². The van der Waals surface area contributed by atoms with Crippen LogP contribution < -0.4 is 0 Å². The molecule has 0 radical (unpaired) electrons. The molecule has 0 aliphatic heterocycles. The van der Waals surface area contributed by atoms with Gasteiger partial charge < -0.3 is 9.55 Å². The number of rotatable bonds is 1. The molecule has 80 valence electrons. The fraction of sp³-hybridized carbons (Fsp3) is 0.222. The van der Waals surface area contributed by atoms with Crippen molar-refractivity contribution in [2.45, 2.75) is 4.90 Å². The quantitative estimate of drug-likeness (QED) is 0.773. The van der Waals surface area contributed by atoms with Gasteiger partial charge in [0.25, 0.3) is 0 Å². The van der Waals surface area contributed by atoms with Crippen LogP contribution in [0, 0.1) is 4.77 Å². The van der Waals surface area contributed by atoms with Crippen LogP contribution in [0.5, 0.6) is 0 Å². The van der Waals surface area contributed by atoms with Crippen molar-refractivity contribution in [1.29, 1.82) is 0 Å². The molecule has 4 nitrogen and oxygen atoms in total. The third kappa shape index (κ3) is 1.70. The molecular formula is C9H10N2O2S2. The van der Waals surface area contributed by atoms with E-state index in [1.807, 2.05) is 7.05 Å². The van der Waals surface area contributed by atoms with Gasteiger partial charge in [0.15, 0.2) is 14.6 Å². The smallest absolute Gasteiger partial charge is 0.177 e. The number of imidazole rings is 1. The van der Waals surface area contributed by atoms with Crippen molar-refractivity contribution in [3.05, 3.63) is 23.0 Å². The molecule has 1 aromatic heterocycles. The predicted octanol–water partition coefficient (Wildman–Crippen LogP) is 1.64. The molecule has 0 saturated heterocycles. The summed E-state index contributed by atoms with van der Waals surface area (Å²) >= 11 is 5.05. The van der Waals surface area contributed by atoms with E-state index in [0.29, 0.717) is 9.67 Å². The van der Waals surface area contributed by atoms with Crippen molar-refractivity contribution >= 4 is 33.1 Å². The summed E-state index contributed by atoms with van der Waals surface area (Å²) in [6.07, 6.45) is 1.19. The fourth-order valence-corrected chi connectivity index (χ4v) is 2.30. The summed E-state index contributed by atoms with van der Waals surface area (Å²) in [7, 11) is -1.33. The van der Waals surface area contributed by atoms with Crippen molar-refractivity contribution in [1.82, 2.24) is 9.55 Å².